The lowest BCUT2D eigenvalue weighted by atomic mass is 10.2. The molecule has 0 bridgehead atoms. The topological polar surface area (TPSA) is 144 Å². The third kappa shape index (κ3) is 7.10. The fourth-order valence-corrected chi connectivity index (χ4v) is 2.51. The van der Waals surface area contributed by atoms with Crippen molar-refractivity contribution in [3.05, 3.63) is 47.5 Å². The average Bonchev–Trinajstić information content (AvgIpc) is 2.79. The standard InChI is InChI=1S/C22H25NO9/c1-29-18-12-15(13-19(30-2)21(18)27)22(28)32-10-9-31-8-7-23-20(26)6-4-14-3-5-16(24)17(25)11-14/h3-6,11-13,24-25,27H,7-10H2,1-2H3,(H,23,26)/b6-4+. The Morgan fingerprint density at radius 2 is 1.62 bits per heavy atom. The molecule has 0 saturated heterocycles. The Hall–Kier alpha value is -3.92. The Bertz CT molecular complexity index is 947. The van der Waals surface area contributed by atoms with E-state index in [1.165, 1.54) is 50.6 Å². The number of hydrogen-bond acceptors (Lipinski definition) is 9. The van der Waals surface area contributed by atoms with E-state index in [2.05, 4.69) is 5.32 Å². The minimum absolute atomic E-state index is 0.0114. The van der Waals surface area contributed by atoms with E-state index in [9.17, 15) is 24.9 Å². The van der Waals surface area contributed by atoms with Crippen LogP contribution in [0.3, 0.4) is 0 Å². The lowest BCUT2D eigenvalue weighted by Crippen LogP contribution is -2.26. The molecule has 2 aromatic rings. The molecule has 2 rings (SSSR count). The van der Waals surface area contributed by atoms with Crippen molar-refractivity contribution in [2.75, 3.05) is 40.6 Å². The van der Waals surface area contributed by atoms with E-state index in [1.807, 2.05) is 0 Å². The quantitative estimate of drug-likeness (QED) is 0.175. The number of benzene rings is 2. The zero-order valence-electron chi connectivity index (χ0n) is 17.7. The number of amides is 1. The first-order chi connectivity index (χ1) is 15.3. The van der Waals surface area contributed by atoms with E-state index in [1.54, 1.807) is 6.07 Å². The highest BCUT2D eigenvalue weighted by Crippen LogP contribution is 2.37. The Labute approximate surface area is 184 Å². The molecule has 0 radical (unpaired) electrons. The summed E-state index contributed by atoms with van der Waals surface area (Å²) in [7, 11) is 2.70. The summed E-state index contributed by atoms with van der Waals surface area (Å²) in [6.45, 7) is 0.557. The number of rotatable bonds is 11. The molecule has 10 heteroatoms. The number of methoxy groups -OCH3 is 2. The highest BCUT2D eigenvalue weighted by molar-refractivity contribution is 5.92. The van der Waals surface area contributed by atoms with Gasteiger partial charge in [-0.15, -0.1) is 0 Å². The van der Waals surface area contributed by atoms with Gasteiger partial charge in [0.15, 0.2) is 23.0 Å². The second-order valence-electron chi connectivity index (χ2n) is 6.35. The number of carbonyl (C=O) groups excluding carboxylic acids is 2. The third-order valence-corrected chi connectivity index (χ3v) is 4.15. The molecule has 0 atom stereocenters. The van der Waals surface area contributed by atoms with Crippen LogP contribution in [0.5, 0.6) is 28.7 Å². The number of nitrogens with one attached hydrogen (secondary N) is 1. The lowest BCUT2D eigenvalue weighted by Gasteiger charge is -2.11. The number of carbonyl (C=O) groups is 2. The summed E-state index contributed by atoms with van der Waals surface area (Å²) in [6.07, 6.45) is 2.77. The van der Waals surface area contributed by atoms with Crippen molar-refractivity contribution in [3.63, 3.8) is 0 Å². The summed E-state index contributed by atoms with van der Waals surface area (Å²) >= 11 is 0. The predicted octanol–water partition coefficient (Wildman–Crippen LogP) is 1.82. The third-order valence-electron chi connectivity index (χ3n) is 4.15. The number of phenolic OH excluding ortho intramolecular Hbond substituents is 3. The van der Waals surface area contributed by atoms with Crippen molar-refractivity contribution < 1.29 is 43.9 Å². The van der Waals surface area contributed by atoms with Crippen LogP contribution in [-0.2, 0) is 14.3 Å². The number of ether oxygens (including phenoxy) is 4. The molecular formula is C22H25NO9. The Morgan fingerprint density at radius 3 is 2.25 bits per heavy atom. The zero-order chi connectivity index (χ0) is 23.5. The summed E-state index contributed by atoms with van der Waals surface area (Å²) in [4.78, 5) is 23.9. The van der Waals surface area contributed by atoms with Gasteiger partial charge in [0.1, 0.15) is 6.61 Å². The number of phenols is 3. The summed E-state index contributed by atoms with van der Waals surface area (Å²) in [6, 6.07) is 6.87. The van der Waals surface area contributed by atoms with Gasteiger partial charge < -0.3 is 39.6 Å². The van der Waals surface area contributed by atoms with E-state index in [-0.39, 0.29) is 66.6 Å². The van der Waals surface area contributed by atoms with Crippen LogP contribution in [0.4, 0.5) is 0 Å². The van der Waals surface area contributed by atoms with E-state index in [0.717, 1.165) is 0 Å². The van der Waals surface area contributed by atoms with Gasteiger partial charge in [0.05, 0.1) is 33.0 Å². The van der Waals surface area contributed by atoms with Gasteiger partial charge >= 0.3 is 5.97 Å². The lowest BCUT2D eigenvalue weighted by molar-refractivity contribution is -0.116. The van der Waals surface area contributed by atoms with E-state index >= 15 is 0 Å². The maximum Gasteiger partial charge on any atom is 0.338 e. The molecule has 0 aliphatic rings. The van der Waals surface area contributed by atoms with Gasteiger partial charge in [-0.3, -0.25) is 4.79 Å². The fourth-order valence-electron chi connectivity index (χ4n) is 2.51. The molecular weight excluding hydrogens is 422 g/mol. The first-order valence-corrected chi connectivity index (χ1v) is 9.53. The summed E-state index contributed by atoms with van der Waals surface area (Å²) in [5, 5.41) is 31.1. The highest BCUT2D eigenvalue weighted by atomic mass is 16.6. The zero-order valence-corrected chi connectivity index (χ0v) is 17.7. The molecule has 172 valence electrons. The Morgan fingerprint density at radius 1 is 0.938 bits per heavy atom. The number of aromatic hydroxyl groups is 3. The number of hydrogen-bond donors (Lipinski definition) is 4. The van der Waals surface area contributed by atoms with Crippen molar-refractivity contribution in [2.45, 2.75) is 0 Å². The maximum atomic E-state index is 12.1. The first kappa shape index (κ1) is 24.4. The van der Waals surface area contributed by atoms with Crippen molar-refractivity contribution in [1.82, 2.24) is 5.32 Å². The van der Waals surface area contributed by atoms with Gasteiger partial charge in [-0.25, -0.2) is 4.79 Å². The SMILES string of the molecule is COc1cc(C(=O)OCCOCCNC(=O)/C=C/c2ccc(O)c(O)c2)cc(OC)c1O. The van der Waals surface area contributed by atoms with Crippen LogP contribution >= 0.6 is 0 Å². The normalized spacial score (nSPS) is 10.7. The van der Waals surface area contributed by atoms with Gasteiger partial charge in [-0.1, -0.05) is 6.07 Å². The van der Waals surface area contributed by atoms with Crippen molar-refractivity contribution in [2.24, 2.45) is 0 Å². The molecule has 0 saturated carbocycles. The predicted molar refractivity (Wildman–Crippen MR) is 114 cm³/mol. The first-order valence-electron chi connectivity index (χ1n) is 9.53. The smallest absolute Gasteiger partial charge is 0.338 e. The number of esters is 1. The maximum absolute atomic E-state index is 12.1. The van der Waals surface area contributed by atoms with Gasteiger partial charge in [0, 0.05) is 12.6 Å². The highest BCUT2D eigenvalue weighted by Gasteiger charge is 2.16. The molecule has 2 aromatic carbocycles. The molecule has 0 fully saturated rings. The summed E-state index contributed by atoms with van der Waals surface area (Å²) < 4.78 is 20.4. The fraction of sp³-hybridized carbons (Fsp3) is 0.273. The van der Waals surface area contributed by atoms with Crippen molar-refractivity contribution >= 4 is 18.0 Å². The minimum atomic E-state index is -0.635. The molecule has 0 aromatic heterocycles. The van der Waals surface area contributed by atoms with Crippen LogP contribution in [0.2, 0.25) is 0 Å². The molecule has 32 heavy (non-hydrogen) atoms. The molecule has 0 aliphatic heterocycles. The van der Waals surface area contributed by atoms with Crippen LogP contribution in [0.15, 0.2) is 36.4 Å². The van der Waals surface area contributed by atoms with Gasteiger partial charge in [0.25, 0.3) is 0 Å². The van der Waals surface area contributed by atoms with Crippen LogP contribution in [0.1, 0.15) is 15.9 Å². The molecule has 1 amide bonds. The van der Waals surface area contributed by atoms with E-state index in [0.29, 0.717) is 5.56 Å². The Kier molecular flexibility index (Phi) is 9.18. The minimum Gasteiger partial charge on any atom is -0.504 e. The van der Waals surface area contributed by atoms with Crippen molar-refractivity contribution in [1.29, 1.82) is 0 Å². The molecule has 0 aliphatic carbocycles. The van der Waals surface area contributed by atoms with Gasteiger partial charge in [-0.2, -0.15) is 0 Å². The van der Waals surface area contributed by atoms with Crippen LogP contribution in [0.25, 0.3) is 6.08 Å². The van der Waals surface area contributed by atoms with E-state index < -0.39 is 5.97 Å². The van der Waals surface area contributed by atoms with Gasteiger partial charge in [-0.05, 0) is 35.9 Å². The molecule has 10 nitrogen and oxygen atoms in total. The summed E-state index contributed by atoms with van der Waals surface area (Å²) in [5.74, 6) is -1.55. The largest absolute Gasteiger partial charge is 0.504 e. The summed E-state index contributed by atoms with van der Waals surface area (Å²) in [5.41, 5.74) is 0.704. The van der Waals surface area contributed by atoms with Gasteiger partial charge in [0.2, 0.25) is 11.7 Å². The monoisotopic (exact) mass is 447 g/mol. The van der Waals surface area contributed by atoms with E-state index in [4.69, 9.17) is 18.9 Å². The molecule has 0 unspecified atom stereocenters. The second-order valence-corrected chi connectivity index (χ2v) is 6.35. The Balaban J connectivity index is 1.66. The second kappa shape index (κ2) is 12.1. The molecule has 0 spiro atoms. The molecule has 0 heterocycles. The molecule has 4 N–H and O–H groups in total. The van der Waals surface area contributed by atoms with Crippen LogP contribution < -0.4 is 14.8 Å². The van der Waals surface area contributed by atoms with Crippen LogP contribution in [-0.4, -0.2) is 67.8 Å². The van der Waals surface area contributed by atoms with Crippen molar-refractivity contribution in [3.8, 4) is 28.7 Å². The average molecular weight is 447 g/mol. The van der Waals surface area contributed by atoms with Crippen LogP contribution in [0, 0.1) is 0 Å².